The molecule has 0 saturated carbocycles. The third-order valence-electron chi connectivity index (χ3n) is 1.66. The monoisotopic (exact) mass is 227 g/mol. The molecule has 0 spiro atoms. The molecule has 3 nitrogen and oxygen atoms in total. The minimum atomic E-state index is -0.449. The molecule has 1 rings (SSSR count). The second-order valence-electron chi connectivity index (χ2n) is 2.79. The fourth-order valence-electron chi connectivity index (χ4n) is 0.839. The van der Waals surface area contributed by atoms with Crippen LogP contribution >= 0.6 is 11.6 Å². The molecular weight excluding hydrogens is 217 g/mol. The van der Waals surface area contributed by atoms with Crippen LogP contribution in [0.4, 0.5) is 4.39 Å². The molecule has 0 aromatic heterocycles. The van der Waals surface area contributed by atoms with Gasteiger partial charge in [0.05, 0.1) is 11.2 Å². The van der Waals surface area contributed by atoms with Gasteiger partial charge in [-0.1, -0.05) is 17.7 Å². The van der Waals surface area contributed by atoms with Gasteiger partial charge < -0.3 is 5.73 Å². The van der Waals surface area contributed by atoms with Crippen molar-refractivity contribution in [2.45, 2.75) is 6.92 Å². The van der Waals surface area contributed by atoms with Gasteiger partial charge in [0.1, 0.15) is 11.6 Å². The summed E-state index contributed by atoms with van der Waals surface area (Å²) in [6, 6.07) is 4.33. The summed E-state index contributed by atoms with van der Waals surface area (Å²) in [6.07, 6.45) is 3.18. The molecule has 0 atom stereocenters. The van der Waals surface area contributed by atoms with Crippen LogP contribution in [-0.4, -0.2) is 6.21 Å². The Labute approximate surface area is 92.4 Å². The highest BCUT2D eigenvalue weighted by molar-refractivity contribution is 6.31. The van der Waals surface area contributed by atoms with E-state index in [4.69, 9.17) is 17.3 Å². The van der Waals surface area contributed by atoms with Gasteiger partial charge in [-0.3, -0.25) is 5.43 Å². The van der Waals surface area contributed by atoms with Crippen LogP contribution in [0.1, 0.15) is 12.5 Å². The van der Waals surface area contributed by atoms with E-state index in [-0.39, 0.29) is 5.02 Å². The van der Waals surface area contributed by atoms with Crippen LogP contribution in [0.25, 0.3) is 0 Å². The quantitative estimate of drug-likeness (QED) is 0.615. The summed E-state index contributed by atoms with van der Waals surface area (Å²) in [5, 5.41) is 3.90. The molecule has 0 fully saturated rings. The van der Waals surface area contributed by atoms with Crippen LogP contribution in [0, 0.1) is 5.82 Å². The van der Waals surface area contributed by atoms with Gasteiger partial charge in [0.15, 0.2) is 0 Å². The Morgan fingerprint density at radius 1 is 1.60 bits per heavy atom. The van der Waals surface area contributed by atoms with Crippen molar-refractivity contribution >= 4 is 17.8 Å². The van der Waals surface area contributed by atoms with Crippen LogP contribution in [-0.2, 0) is 0 Å². The van der Waals surface area contributed by atoms with Gasteiger partial charge in [-0.25, -0.2) is 4.39 Å². The molecule has 0 amide bonds. The average molecular weight is 228 g/mol. The van der Waals surface area contributed by atoms with E-state index in [9.17, 15) is 4.39 Å². The number of allylic oxidation sites excluding steroid dienone is 1. The summed E-state index contributed by atoms with van der Waals surface area (Å²) in [5.74, 6) is -0.00537. The molecule has 0 aliphatic heterocycles. The molecule has 1 aromatic carbocycles. The fraction of sp³-hybridized carbons (Fsp3) is 0.100. The Balaban J connectivity index is 2.69. The predicted octanol–water partition coefficient (Wildman–Crippen LogP) is 2.22. The van der Waals surface area contributed by atoms with Crippen LogP contribution in [0.5, 0.6) is 0 Å². The standard InChI is InChI=1S/C10H11ClFN3/c1-2-10(13)15-14-6-7-3-4-9(12)8(11)5-7/h2-6,15H,13H2,1H3/b10-2+,14-6+. The lowest BCUT2D eigenvalue weighted by atomic mass is 10.2. The smallest absolute Gasteiger partial charge is 0.141 e. The van der Waals surface area contributed by atoms with Crippen LogP contribution in [0.3, 0.4) is 0 Å². The van der Waals surface area contributed by atoms with Gasteiger partial charge in [0, 0.05) is 0 Å². The van der Waals surface area contributed by atoms with Crippen LogP contribution < -0.4 is 11.2 Å². The lowest BCUT2D eigenvalue weighted by molar-refractivity contribution is 0.628. The SMILES string of the molecule is C/C=C(\N)N/N=C/c1ccc(F)c(Cl)c1. The lowest BCUT2D eigenvalue weighted by Crippen LogP contribution is -2.13. The first-order valence-electron chi connectivity index (χ1n) is 4.29. The van der Waals surface area contributed by atoms with Crippen molar-refractivity contribution in [2.75, 3.05) is 0 Å². The van der Waals surface area contributed by atoms with E-state index in [0.29, 0.717) is 11.4 Å². The molecule has 15 heavy (non-hydrogen) atoms. The minimum Gasteiger partial charge on any atom is -0.384 e. The van der Waals surface area contributed by atoms with E-state index in [1.807, 2.05) is 0 Å². The fourth-order valence-corrected chi connectivity index (χ4v) is 1.03. The molecule has 5 heteroatoms. The molecule has 0 radical (unpaired) electrons. The molecule has 0 aliphatic rings. The first kappa shape index (κ1) is 11.5. The number of rotatable bonds is 3. The van der Waals surface area contributed by atoms with Gasteiger partial charge in [0.2, 0.25) is 0 Å². The Kier molecular flexibility index (Phi) is 4.12. The molecule has 0 unspecified atom stereocenters. The van der Waals surface area contributed by atoms with Gasteiger partial charge >= 0.3 is 0 Å². The molecule has 0 aliphatic carbocycles. The largest absolute Gasteiger partial charge is 0.384 e. The Bertz CT molecular complexity index is 402. The van der Waals surface area contributed by atoms with E-state index < -0.39 is 5.82 Å². The van der Waals surface area contributed by atoms with E-state index in [1.165, 1.54) is 18.3 Å². The normalized spacial score (nSPS) is 12.1. The second kappa shape index (κ2) is 5.36. The molecule has 0 heterocycles. The number of halogens is 2. The van der Waals surface area contributed by atoms with Crippen molar-refractivity contribution in [2.24, 2.45) is 10.8 Å². The third-order valence-corrected chi connectivity index (χ3v) is 1.95. The Hall–Kier alpha value is -1.55. The maximum atomic E-state index is 12.8. The Morgan fingerprint density at radius 3 is 2.93 bits per heavy atom. The highest BCUT2D eigenvalue weighted by Crippen LogP contribution is 2.14. The minimum absolute atomic E-state index is 0.0676. The Morgan fingerprint density at radius 2 is 2.33 bits per heavy atom. The molecule has 3 N–H and O–H groups in total. The summed E-state index contributed by atoms with van der Waals surface area (Å²) in [7, 11) is 0. The van der Waals surface area contributed by atoms with Crippen LogP contribution in [0.15, 0.2) is 35.2 Å². The zero-order valence-corrected chi connectivity index (χ0v) is 8.92. The first-order valence-corrected chi connectivity index (χ1v) is 4.67. The van der Waals surface area contributed by atoms with Crippen molar-refractivity contribution in [1.82, 2.24) is 5.43 Å². The maximum Gasteiger partial charge on any atom is 0.141 e. The number of hydrazone groups is 1. The predicted molar refractivity (Wildman–Crippen MR) is 60.1 cm³/mol. The summed E-state index contributed by atoms with van der Waals surface area (Å²) < 4.78 is 12.8. The van der Waals surface area contributed by atoms with Crippen molar-refractivity contribution < 1.29 is 4.39 Å². The van der Waals surface area contributed by atoms with Gasteiger partial charge in [-0.2, -0.15) is 5.10 Å². The molecule has 0 bridgehead atoms. The first-order chi connectivity index (χ1) is 7.13. The molecular formula is C10H11ClFN3. The average Bonchev–Trinajstić information content (AvgIpc) is 2.23. The van der Waals surface area contributed by atoms with Gasteiger partial charge in [-0.05, 0) is 30.7 Å². The zero-order valence-electron chi connectivity index (χ0n) is 8.17. The van der Waals surface area contributed by atoms with Crippen molar-refractivity contribution in [3.8, 4) is 0 Å². The number of hydrogen-bond acceptors (Lipinski definition) is 3. The summed E-state index contributed by atoms with van der Waals surface area (Å²) in [4.78, 5) is 0. The number of nitrogens with one attached hydrogen (secondary N) is 1. The highest BCUT2D eigenvalue weighted by Gasteiger charge is 1.98. The van der Waals surface area contributed by atoms with E-state index in [0.717, 1.165) is 0 Å². The number of nitrogens with zero attached hydrogens (tertiary/aromatic N) is 1. The van der Waals surface area contributed by atoms with Gasteiger partial charge in [0.25, 0.3) is 0 Å². The molecule has 0 saturated heterocycles. The molecule has 80 valence electrons. The maximum absolute atomic E-state index is 12.8. The summed E-state index contributed by atoms with van der Waals surface area (Å²) in [5.41, 5.74) is 8.72. The van der Waals surface area contributed by atoms with Gasteiger partial charge in [-0.15, -0.1) is 0 Å². The van der Waals surface area contributed by atoms with E-state index in [1.54, 1.807) is 19.1 Å². The number of hydrogen-bond donors (Lipinski definition) is 2. The van der Waals surface area contributed by atoms with E-state index in [2.05, 4.69) is 10.5 Å². The summed E-state index contributed by atoms with van der Waals surface area (Å²) in [6.45, 7) is 1.78. The second-order valence-corrected chi connectivity index (χ2v) is 3.19. The van der Waals surface area contributed by atoms with Crippen molar-refractivity contribution in [1.29, 1.82) is 0 Å². The van der Waals surface area contributed by atoms with E-state index >= 15 is 0 Å². The number of nitrogens with two attached hydrogens (primary N) is 1. The summed E-state index contributed by atoms with van der Waals surface area (Å²) >= 11 is 5.59. The molecule has 1 aromatic rings. The van der Waals surface area contributed by atoms with Crippen molar-refractivity contribution in [3.05, 3.63) is 46.5 Å². The lowest BCUT2D eigenvalue weighted by Gasteiger charge is -1.98. The zero-order chi connectivity index (χ0) is 11.3. The third kappa shape index (κ3) is 3.59. The highest BCUT2D eigenvalue weighted by atomic mass is 35.5. The topological polar surface area (TPSA) is 50.4 Å². The van der Waals surface area contributed by atoms with Crippen molar-refractivity contribution in [3.63, 3.8) is 0 Å². The number of benzene rings is 1. The van der Waals surface area contributed by atoms with Crippen LogP contribution in [0.2, 0.25) is 5.02 Å².